The van der Waals surface area contributed by atoms with E-state index in [1.807, 2.05) is 0 Å². The summed E-state index contributed by atoms with van der Waals surface area (Å²) in [5.74, 6) is -1.02. The van der Waals surface area contributed by atoms with Crippen molar-refractivity contribution < 1.29 is 17.6 Å². The number of nitrogens with zero attached hydrogens (tertiary/aromatic N) is 1. The molecule has 0 radical (unpaired) electrons. The predicted molar refractivity (Wildman–Crippen MR) is 118 cm³/mol. The lowest BCUT2D eigenvalue weighted by Crippen LogP contribution is -2.42. The van der Waals surface area contributed by atoms with E-state index < -0.39 is 15.8 Å². The van der Waals surface area contributed by atoms with Gasteiger partial charge in [-0.15, -0.1) is 0 Å². The number of benzene rings is 2. The molecule has 0 aliphatic rings. The molecule has 30 heavy (non-hydrogen) atoms. The number of sulfonamides is 1. The van der Waals surface area contributed by atoms with Crippen molar-refractivity contribution in [3.63, 3.8) is 0 Å². The second-order valence-corrected chi connectivity index (χ2v) is 9.43. The van der Waals surface area contributed by atoms with Crippen molar-refractivity contribution in [2.75, 3.05) is 17.8 Å². The van der Waals surface area contributed by atoms with Crippen molar-refractivity contribution in [1.82, 2.24) is 10.2 Å². The molecule has 2 aromatic carbocycles. The van der Waals surface area contributed by atoms with Crippen LogP contribution in [0.1, 0.15) is 43.6 Å². The number of rotatable bonds is 9. The van der Waals surface area contributed by atoms with Crippen LogP contribution in [0.3, 0.4) is 0 Å². The maximum atomic E-state index is 13.8. The number of para-hydroxylation sites is 1. The SMILES string of the molecule is Cc1ccc(S(=O)(=O)Nc2ccccc2F)cc1C(=O)NCCN(C(C)C)C(C)C. The highest BCUT2D eigenvalue weighted by Gasteiger charge is 2.20. The van der Waals surface area contributed by atoms with Gasteiger partial charge in [-0.3, -0.25) is 14.4 Å². The monoisotopic (exact) mass is 435 g/mol. The lowest BCUT2D eigenvalue weighted by Gasteiger charge is -2.30. The largest absolute Gasteiger partial charge is 0.351 e. The maximum absolute atomic E-state index is 13.8. The Labute approximate surface area is 178 Å². The minimum atomic E-state index is -4.04. The number of hydrogen-bond acceptors (Lipinski definition) is 4. The minimum absolute atomic E-state index is 0.104. The van der Waals surface area contributed by atoms with Crippen molar-refractivity contribution in [2.24, 2.45) is 0 Å². The summed E-state index contributed by atoms with van der Waals surface area (Å²) in [4.78, 5) is 14.8. The Morgan fingerprint density at radius 2 is 1.70 bits per heavy atom. The first-order chi connectivity index (χ1) is 14.0. The molecule has 0 aliphatic carbocycles. The molecule has 0 fully saturated rings. The zero-order valence-corrected chi connectivity index (χ0v) is 18.9. The van der Waals surface area contributed by atoms with Crippen molar-refractivity contribution in [1.29, 1.82) is 0 Å². The molecule has 0 heterocycles. The standard InChI is InChI=1S/C22H30FN3O3S/c1-15(2)26(16(3)4)13-12-24-22(27)19-14-18(11-10-17(19)5)30(28,29)25-21-9-7-6-8-20(21)23/h6-11,14-16,25H,12-13H2,1-5H3,(H,24,27). The number of halogens is 1. The molecule has 6 nitrogen and oxygen atoms in total. The summed E-state index contributed by atoms with van der Waals surface area (Å²) >= 11 is 0. The summed E-state index contributed by atoms with van der Waals surface area (Å²) in [6, 6.07) is 10.5. The topological polar surface area (TPSA) is 78.5 Å². The Morgan fingerprint density at radius 3 is 2.30 bits per heavy atom. The maximum Gasteiger partial charge on any atom is 0.262 e. The Kier molecular flexibility index (Phi) is 7.97. The van der Waals surface area contributed by atoms with E-state index in [0.717, 1.165) is 0 Å². The minimum Gasteiger partial charge on any atom is -0.351 e. The van der Waals surface area contributed by atoms with Crippen LogP contribution in [0.4, 0.5) is 10.1 Å². The van der Waals surface area contributed by atoms with Crippen LogP contribution in [0.2, 0.25) is 0 Å². The Bertz CT molecular complexity index is 983. The van der Waals surface area contributed by atoms with Crippen LogP contribution in [0.5, 0.6) is 0 Å². The fourth-order valence-electron chi connectivity index (χ4n) is 3.27. The second-order valence-electron chi connectivity index (χ2n) is 7.74. The zero-order chi connectivity index (χ0) is 22.5. The normalized spacial score (nSPS) is 11.9. The van der Waals surface area contributed by atoms with Crippen LogP contribution in [-0.4, -0.2) is 44.4 Å². The van der Waals surface area contributed by atoms with E-state index in [9.17, 15) is 17.6 Å². The van der Waals surface area contributed by atoms with Crippen molar-refractivity contribution >= 4 is 21.6 Å². The van der Waals surface area contributed by atoms with Crippen molar-refractivity contribution in [2.45, 2.75) is 51.6 Å². The lowest BCUT2D eigenvalue weighted by atomic mass is 10.1. The third-order valence-corrected chi connectivity index (χ3v) is 6.23. The van der Waals surface area contributed by atoms with E-state index in [0.29, 0.717) is 30.7 Å². The third kappa shape index (κ3) is 6.03. The molecule has 0 saturated carbocycles. The summed E-state index contributed by atoms with van der Waals surface area (Å²) in [5, 5.41) is 2.86. The molecule has 2 N–H and O–H groups in total. The number of hydrogen-bond donors (Lipinski definition) is 2. The quantitative estimate of drug-likeness (QED) is 0.628. The van der Waals surface area contributed by atoms with E-state index in [-0.39, 0.29) is 22.1 Å². The molecular weight excluding hydrogens is 405 g/mol. The highest BCUT2D eigenvalue weighted by Crippen LogP contribution is 2.21. The van der Waals surface area contributed by atoms with Gasteiger partial charge < -0.3 is 5.32 Å². The van der Waals surface area contributed by atoms with Crippen LogP contribution < -0.4 is 10.0 Å². The second kappa shape index (κ2) is 10.0. The molecule has 8 heteroatoms. The van der Waals surface area contributed by atoms with E-state index in [1.54, 1.807) is 13.0 Å². The first kappa shape index (κ1) is 23.8. The van der Waals surface area contributed by atoms with Crippen LogP contribution in [0.25, 0.3) is 0 Å². The molecule has 164 valence electrons. The van der Waals surface area contributed by atoms with Gasteiger partial charge in [0.05, 0.1) is 10.6 Å². The van der Waals surface area contributed by atoms with Crippen LogP contribution in [-0.2, 0) is 10.0 Å². The molecule has 2 rings (SSSR count). The molecule has 0 saturated heterocycles. The molecule has 0 unspecified atom stereocenters. The fraction of sp³-hybridized carbons (Fsp3) is 0.409. The van der Waals surface area contributed by atoms with Gasteiger partial charge in [0, 0.05) is 30.7 Å². The van der Waals surface area contributed by atoms with Gasteiger partial charge in [0.25, 0.3) is 15.9 Å². The van der Waals surface area contributed by atoms with E-state index in [4.69, 9.17) is 0 Å². The number of carbonyl (C=O) groups is 1. The summed E-state index contributed by atoms with van der Waals surface area (Å²) in [6.45, 7) is 11.3. The molecule has 0 aliphatic heterocycles. The van der Waals surface area contributed by atoms with Crippen LogP contribution >= 0.6 is 0 Å². The van der Waals surface area contributed by atoms with Gasteiger partial charge in [-0.05, 0) is 64.4 Å². The van der Waals surface area contributed by atoms with Gasteiger partial charge in [-0.2, -0.15) is 0 Å². The smallest absolute Gasteiger partial charge is 0.262 e. The predicted octanol–water partition coefficient (Wildman–Crippen LogP) is 3.78. The number of carbonyl (C=O) groups excluding carboxylic acids is 1. The van der Waals surface area contributed by atoms with Crippen LogP contribution in [0, 0.1) is 12.7 Å². The van der Waals surface area contributed by atoms with E-state index in [2.05, 4.69) is 42.6 Å². The van der Waals surface area contributed by atoms with E-state index in [1.165, 1.54) is 36.4 Å². The zero-order valence-electron chi connectivity index (χ0n) is 18.1. The molecule has 1 amide bonds. The number of amides is 1. The van der Waals surface area contributed by atoms with Gasteiger partial charge in [-0.25, -0.2) is 12.8 Å². The Balaban J connectivity index is 2.16. The fourth-order valence-corrected chi connectivity index (χ4v) is 4.36. The summed E-state index contributed by atoms with van der Waals surface area (Å²) < 4.78 is 41.4. The molecule has 2 aromatic rings. The summed E-state index contributed by atoms with van der Waals surface area (Å²) in [7, 11) is -4.04. The van der Waals surface area contributed by atoms with Gasteiger partial charge >= 0.3 is 0 Å². The van der Waals surface area contributed by atoms with Crippen molar-refractivity contribution in [3.8, 4) is 0 Å². The molecular formula is C22H30FN3O3S. The first-order valence-electron chi connectivity index (χ1n) is 9.95. The highest BCUT2D eigenvalue weighted by molar-refractivity contribution is 7.92. The highest BCUT2D eigenvalue weighted by atomic mass is 32.2. The molecule has 0 bridgehead atoms. The summed E-state index contributed by atoms with van der Waals surface area (Å²) in [5.41, 5.74) is 0.778. The number of nitrogens with one attached hydrogen (secondary N) is 2. The number of aryl methyl sites for hydroxylation is 1. The van der Waals surface area contributed by atoms with Gasteiger partial charge in [0.2, 0.25) is 0 Å². The average molecular weight is 436 g/mol. The molecule has 0 aromatic heterocycles. The molecule has 0 spiro atoms. The van der Waals surface area contributed by atoms with Gasteiger partial charge in [0.1, 0.15) is 5.82 Å². The van der Waals surface area contributed by atoms with Crippen molar-refractivity contribution in [3.05, 3.63) is 59.4 Å². The lowest BCUT2D eigenvalue weighted by molar-refractivity contribution is 0.0938. The van der Waals surface area contributed by atoms with E-state index >= 15 is 0 Å². The Hall–Kier alpha value is -2.45. The summed E-state index contributed by atoms with van der Waals surface area (Å²) in [6.07, 6.45) is 0. The number of anilines is 1. The van der Waals surface area contributed by atoms with Gasteiger partial charge in [-0.1, -0.05) is 18.2 Å². The molecule has 0 atom stereocenters. The third-order valence-electron chi connectivity index (χ3n) is 4.86. The van der Waals surface area contributed by atoms with Gasteiger partial charge in [0.15, 0.2) is 0 Å². The Morgan fingerprint density at radius 1 is 1.07 bits per heavy atom. The average Bonchev–Trinajstić information content (AvgIpc) is 2.66. The first-order valence-corrected chi connectivity index (χ1v) is 11.4. The van der Waals surface area contributed by atoms with Crippen LogP contribution in [0.15, 0.2) is 47.4 Å².